The zero-order valence-corrected chi connectivity index (χ0v) is 22.0. The van der Waals surface area contributed by atoms with Crippen molar-refractivity contribution in [3.05, 3.63) is 60.2 Å². The number of Topliss-reactive ketones (excluding diaryl/α,β-unsaturated/α-hetero) is 1. The van der Waals surface area contributed by atoms with Crippen molar-refractivity contribution in [2.75, 3.05) is 0 Å². The topological polar surface area (TPSA) is 52.6 Å². The van der Waals surface area contributed by atoms with Gasteiger partial charge in [-0.25, -0.2) is 0 Å². The number of ether oxygens (including phenoxy) is 2. The Morgan fingerprint density at radius 3 is 2.61 bits per heavy atom. The molecule has 3 atom stereocenters. The van der Waals surface area contributed by atoms with Crippen LogP contribution in [-0.4, -0.2) is 29.9 Å². The van der Waals surface area contributed by atoms with E-state index in [1.54, 1.807) is 0 Å². The van der Waals surface area contributed by atoms with E-state index in [-0.39, 0.29) is 42.7 Å². The number of esters is 1. The first kappa shape index (κ1) is 29.9. The van der Waals surface area contributed by atoms with Gasteiger partial charge in [-0.15, -0.1) is 0 Å². The van der Waals surface area contributed by atoms with E-state index in [2.05, 4.69) is 0 Å². The standard InChI is InChI=1S/C30H42F2O4/c1-4-5-21-30(31,32)28(35-22-24-13-9-8-10-14-24)20-18-25-17-19-27(33)26(25)15-11-6-7-12-16-29(34)36-23(2)3/h5-6,8-11,13-14,21,23,25-26,28H,4,7,12,15-20,22H2,1-3H3/b11-6-,21-5+/t25-,26-,28?/m1/s1. The molecule has 200 valence electrons. The maximum atomic E-state index is 15.0. The number of hydrogen-bond donors (Lipinski definition) is 0. The molecule has 0 saturated heterocycles. The Bertz CT molecular complexity index is 848. The van der Waals surface area contributed by atoms with Crippen LogP contribution in [0.1, 0.15) is 84.1 Å². The first-order valence-electron chi connectivity index (χ1n) is 13.3. The van der Waals surface area contributed by atoms with E-state index in [1.807, 2.05) is 63.3 Å². The Labute approximate surface area is 215 Å². The largest absolute Gasteiger partial charge is 0.463 e. The van der Waals surface area contributed by atoms with Gasteiger partial charge in [0.05, 0.1) is 12.7 Å². The average Bonchev–Trinajstić information content (AvgIpc) is 3.19. The number of carbonyl (C=O) groups is 2. The lowest BCUT2D eigenvalue weighted by atomic mass is 9.87. The summed E-state index contributed by atoms with van der Waals surface area (Å²) in [6.07, 6.45) is 10.0. The van der Waals surface area contributed by atoms with Gasteiger partial charge in [-0.3, -0.25) is 9.59 Å². The third kappa shape index (κ3) is 10.7. The number of benzene rings is 1. The SMILES string of the molecule is CC/C=C/C(F)(F)C(CC[C@H]1CCC(=O)[C@@H]1C/C=C\CCCC(=O)OC(C)C)OCc1ccccc1. The third-order valence-electron chi connectivity index (χ3n) is 6.52. The number of carbonyl (C=O) groups excluding carboxylic acids is 2. The van der Waals surface area contributed by atoms with Crippen LogP contribution in [0.15, 0.2) is 54.6 Å². The average molecular weight is 505 g/mol. The molecule has 36 heavy (non-hydrogen) atoms. The van der Waals surface area contributed by atoms with Crippen LogP contribution in [0.4, 0.5) is 8.78 Å². The minimum atomic E-state index is -3.07. The Morgan fingerprint density at radius 2 is 1.92 bits per heavy atom. The Morgan fingerprint density at radius 1 is 1.17 bits per heavy atom. The summed E-state index contributed by atoms with van der Waals surface area (Å²) in [5, 5.41) is 0. The van der Waals surface area contributed by atoms with E-state index in [9.17, 15) is 18.4 Å². The molecule has 0 amide bonds. The van der Waals surface area contributed by atoms with Crippen LogP contribution in [0.25, 0.3) is 0 Å². The quantitative estimate of drug-likeness (QED) is 0.132. The number of unbranched alkanes of at least 4 members (excludes halogenated alkanes) is 1. The highest BCUT2D eigenvalue weighted by Crippen LogP contribution is 2.37. The Balaban J connectivity index is 1.89. The number of rotatable bonds is 16. The van der Waals surface area contributed by atoms with E-state index >= 15 is 0 Å². The molecule has 0 N–H and O–H groups in total. The summed E-state index contributed by atoms with van der Waals surface area (Å²) in [7, 11) is 0. The molecule has 6 heteroatoms. The summed E-state index contributed by atoms with van der Waals surface area (Å²) in [4.78, 5) is 24.1. The van der Waals surface area contributed by atoms with Gasteiger partial charge in [-0.05, 0) is 76.4 Å². The molecule has 0 heterocycles. The summed E-state index contributed by atoms with van der Waals surface area (Å²) in [6, 6.07) is 9.33. The molecule has 0 spiro atoms. The van der Waals surface area contributed by atoms with E-state index in [4.69, 9.17) is 9.47 Å². The highest BCUT2D eigenvalue weighted by molar-refractivity contribution is 5.83. The summed E-state index contributed by atoms with van der Waals surface area (Å²) < 4.78 is 40.8. The molecule has 0 bridgehead atoms. The summed E-state index contributed by atoms with van der Waals surface area (Å²) in [5.41, 5.74) is 0.856. The predicted octanol–water partition coefficient (Wildman–Crippen LogP) is 7.62. The molecule has 4 nitrogen and oxygen atoms in total. The van der Waals surface area contributed by atoms with Crippen LogP contribution in [-0.2, 0) is 25.7 Å². The highest BCUT2D eigenvalue weighted by atomic mass is 19.3. The molecule has 1 aromatic carbocycles. The molecular formula is C30H42F2O4. The van der Waals surface area contributed by atoms with Gasteiger partial charge in [-0.2, -0.15) is 8.78 Å². The maximum Gasteiger partial charge on any atom is 0.306 e. The van der Waals surface area contributed by atoms with E-state index in [0.29, 0.717) is 38.5 Å². The van der Waals surface area contributed by atoms with Gasteiger partial charge < -0.3 is 9.47 Å². The fraction of sp³-hybridized carbons (Fsp3) is 0.600. The molecule has 0 aliphatic heterocycles. The first-order chi connectivity index (χ1) is 17.2. The van der Waals surface area contributed by atoms with Crippen LogP contribution in [0.5, 0.6) is 0 Å². The lowest BCUT2D eigenvalue weighted by molar-refractivity contribution is -0.147. The number of ketones is 1. The van der Waals surface area contributed by atoms with Crippen molar-refractivity contribution < 1.29 is 27.8 Å². The summed E-state index contributed by atoms with van der Waals surface area (Å²) in [5.74, 6) is -3.11. The number of allylic oxidation sites excluding steroid dienone is 3. The number of hydrogen-bond acceptors (Lipinski definition) is 4. The molecule has 1 saturated carbocycles. The van der Waals surface area contributed by atoms with Gasteiger partial charge in [0, 0.05) is 18.8 Å². The fourth-order valence-electron chi connectivity index (χ4n) is 4.60. The smallest absolute Gasteiger partial charge is 0.306 e. The van der Waals surface area contributed by atoms with Gasteiger partial charge in [0.1, 0.15) is 11.9 Å². The van der Waals surface area contributed by atoms with Crippen molar-refractivity contribution in [1.29, 1.82) is 0 Å². The van der Waals surface area contributed by atoms with Crippen LogP contribution in [0.2, 0.25) is 0 Å². The first-order valence-corrected chi connectivity index (χ1v) is 13.3. The van der Waals surface area contributed by atoms with Crippen molar-refractivity contribution in [3.63, 3.8) is 0 Å². The summed E-state index contributed by atoms with van der Waals surface area (Å²) >= 11 is 0. The van der Waals surface area contributed by atoms with E-state index in [0.717, 1.165) is 24.5 Å². The van der Waals surface area contributed by atoms with Crippen LogP contribution >= 0.6 is 0 Å². The minimum absolute atomic E-state index is 0.0805. The third-order valence-corrected chi connectivity index (χ3v) is 6.52. The minimum Gasteiger partial charge on any atom is -0.463 e. The molecule has 1 aliphatic carbocycles. The van der Waals surface area contributed by atoms with Crippen molar-refractivity contribution >= 4 is 11.8 Å². The second-order valence-electron chi connectivity index (χ2n) is 9.86. The van der Waals surface area contributed by atoms with Gasteiger partial charge in [0.2, 0.25) is 0 Å². The van der Waals surface area contributed by atoms with Crippen LogP contribution in [0.3, 0.4) is 0 Å². The van der Waals surface area contributed by atoms with Crippen molar-refractivity contribution in [3.8, 4) is 0 Å². The molecule has 1 unspecified atom stereocenters. The van der Waals surface area contributed by atoms with Gasteiger partial charge in [0.15, 0.2) is 0 Å². The normalized spacial score (nSPS) is 19.6. The molecule has 1 fully saturated rings. The van der Waals surface area contributed by atoms with Gasteiger partial charge in [-0.1, -0.05) is 55.5 Å². The van der Waals surface area contributed by atoms with E-state index < -0.39 is 12.0 Å². The predicted molar refractivity (Wildman–Crippen MR) is 139 cm³/mol. The highest BCUT2D eigenvalue weighted by Gasteiger charge is 2.40. The van der Waals surface area contributed by atoms with Gasteiger partial charge in [0.25, 0.3) is 5.92 Å². The zero-order chi connectivity index (χ0) is 26.4. The molecule has 0 radical (unpaired) electrons. The van der Waals surface area contributed by atoms with Crippen molar-refractivity contribution in [1.82, 2.24) is 0 Å². The second kappa shape index (κ2) is 15.7. The molecule has 1 aromatic rings. The van der Waals surface area contributed by atoms with Crippen LogP contribution in [0, 0.1) is 11.8 Å². The monoisotopic (exact) mass is 504 g/mol. The molecular weight excluding hydrogens is 462 g/mol. The molecule has 2 rings (SSSR count). The number of halogens is 2. The zero-order valence-electron chi connectivity index (χ0n) is 22.0. The Kier molecular flexibility index (Phi) is 13.0. The van der Waals surface area contributed by atoms with Crippen molar-refractivity contribution in [2.24, 2.45) is 11.8 Å². The second-order valence-corrected chi connectivity index (χ2v) is 9.86. The Hall–Kier alpha value is -2.34. The van der Waals surface area contributed by atoms with Crippen LogP contribution < -0.4 is 0 Å². The fourth-order valence-corrected chi connectivity index (χ4v) is 4.60. The lowest BCUT2D eigenvalue weighted by Crippen LogP contribution is -2.35. The lowest BCUT2D eigenvalue weighted by Gasteiger charge is -2.27. The van der Waals surface area contributed by atoms with Gasteiger partial charge >= 0.3 is 5.97 Å². The summed E-state index contributed by atoms with van der Waals surface area (Å²) in [6.45, 7) is 5.61. The molecule has 1 aliphatic rings. The maximum absolute atomic E-state index is 15.0. The number of alkyl halides is 2. The van der Waals surface area contributed by atoms with Crippen molar-refractivity contribution in [2.45, 2.75) is 103 Å². The van der Waals surface area contributed by atoms with E-state index in [1.165, 1.54) is 6.08 Å². The molecule has 0 aromatic heterocycles.